The molecule has 0 saturated heterocycles. The Morgan fingerprint density at radius 3 is 2.55 bits per heavy atom. The predicted octanol–water partition coefficient (Wildman–Crippen LogP) is 3.26. The Bertz CT molecular complexity index is 414. The van der Waals surface area contributed by atoms with E-state index in [-0.39, 0.29) is 0 Å². The summed E-state index contributed by atoms with van der Waals surface area (Å²) in [6.07, 6.45) is 8.76. The number of aromatic nitrogens is 1. The van der Waals surface area contributed by atoms with Crippen molar-refractivity contribution in [3.05, 3.63) is 18.5 Å². The second kappa shape index (κ2) is 6.93. The Morgan fingerprint density at radius 1 is 1.25 bits per heavy atom. The van der Waals surface area contributed by atoms with Gasteiger partial charge in [0, 0.05) is 13.1 Å². The maximum atomic E-state index is 10.6. The van der Waals surface area contributed by atoms with E-state index in [0.717, 1.165) is 55.9 Å². The molecule has 0 unspecified atom stereocenters. The average Bonchev–Trinajstić information content (AvgIpc) is 2.47. The maximum Gasteiger partial charge on any atom is 0.0819 e. The van der Waals surface area contributed by atoms with Gasteiger partial charge >= 0.3 is 0 Å². The highest BCUT2D eigenvalue weighted by molar-refractivity contribution is 5.54. The molecule has 1 heterocycles. The van der Waals surface area contributed by atoms with E-state index >= 15 is 0 Å². The van der Waals surface area contributed by atoms with Crippen LogP contribution < -0.4 is 10.6 Å². The summed E-state index contributed by atoms with van der Waals surface area (Å²) in [5.74, 6) is 0.749. The van der Waals surface area contributed by atoms with E-state index in [0.29, 0.717) is 6.54 Å². The molecule has 1 fully saturated rings. The largest absolute Gasteiger partial charge is 0.388 e. The van der Waals surface area contributed by atoms with Crippen molar-refractivity contribution < 1.29 is 5.11 Å². The van der Waals surface area contributed by atoms with Crippen molar-refractivity contribution in [1.82, 2.24) is 4.98 Å². The lowest BCUT2D eigenvalue weighted by Gasteiger charge is -2.35. The number of anilines is 2. The molecule has 1 aliphatic carbocycles. The smallest absolute Gasteiger partial charge is 0.0819 e. The zero-order valence-corrected chi connectivity index (χ0v) is 12.7. The summed E-state index contributed by atoms with van der Waals surface area (Å²) in [5.41, 5.74) is 1.44. The van der Waals surface area contributed by atoms with E-state index in [1.54, 1.807) is 0 Å². The molecular formula is C16H27N3O. The number of nitrogens with one attached hydrogen (secondary N) is 2. The zero-order chi connectivity index (χ0) is 14.4. The molecule has 1 aliphatic rings. The summed E-state index contributed by atoms with van der Waals surface area (Å²) in [6.45, 7) is 5.97. The van der Waals surface area contributed by atoms with Crippen LogP contribution in [0.2, 0.25) is 0 Å². The number of hydrogen-bond acceptors (Lipinski definition) is 4. The Kier molecular flexibility index (Phi) is 5.24. The second-order valence-corrected chi connectivity index (χ2v) is 6.15. The Hall–Kier alpha value is -1.29. The van der Waals surface area contributed by atoms with Gasteiger partial charge in [-0.2, -0.15) is 0 Å². The quantitative estimate of drug-likeness (QED) is 0.747. The van der Waals surface area contributed by atoms with E-state index in [1.807, 2.05) is 12.4 Å². The SMILES string of the molecule is CCCNc1cncc(NCC2(O)CCC(C)CC2)c1. The third-order valence-corrected chi connectivity index (χ3v) is 4.14. The molecule has 0 atom stereocenters. The molecule has 20 heavy (non-hydrogen) atoms. The van der Waals surface area contributed by atoms with Crippen LogP contribution in [0.4, 0.5) is 11.4 Å². The monoisotopic (exact) mass is 277 g/mol. The van der Waals surface area contributed by atoms with Crippen LogP contribution in [-0.4, -0.2) is 28.8 Å². The number of hydrogen-bond donors (Lipinski definition) is 3. The standard InChI is InChI=1S/C16H27N3O/c1-3-8-18-14-9-15(11-17-10-14)19-12-16(20)6-4-13(2)5-7-16/h9-11,13,18-20H,3-8,12H2,1-2H3. The first kappa shape index (κ1) is 15.1. The van der Waals surface area contributed by atoms with Crippen molar-refractivity contribution in [2.24, 2.45) is 5.92 Å². The summed E-state index contributed by atoms with van der Waals surface area (Å²) in [5, 5.41) is 17.2. The zero-order valence-electron chi connectivity index (χ0n) is 12.7. The van der Waals surface area contributed by atoms with Crippen molar-refractivity contribution in [1.29, 1.82) is 0 Å². The van der Waals surface area contributed by atoms with Crippen LogP contribution in [-0.2, 0) is 0 Å². The summed E-state index contributed by atoms with van der Waals surface area (Å²) >= 11 is 0. The number of pyridine rings is 1. The highest BCUT2D eigenvalue weighted by Gasteiger charge is 2.31. The maximum absolute atomic E-state index is 10.6. The Labute approximate surface area is 122 Å². The fraction of sp³-hybridized carbons (Fsp3) is 0.688. The van der Waals surface area contributed by atoms with Gasteiger partial charge in [0.2, 0.25) is 0 Å². The van der Waals surface area contributed by atoms with E-state index in [2.05, 4.69) is 35.5 Å². The third kappa shape index (κ3) is 4.37. The molecule has 2 rings (SSSR count). The summed E-state index contributed by atoms with van der Waals surface area (Å²) in [4.78, 5) is 4.23. The van der Waals surface area contributed by atoms with Gasteiger partial charge in [-0.05, 0) is 44.1 Å². The number of nitrogens with zero attached hydrogens (tertiary/aromatic N) is 1. The molecule has 1 aromatic heterocycles. The van der Waals surface area contributed by atoms with Crippen molar-refractivity contribution in [3.8, 4) is 0 Å². The van der Waals surface area contributed by atoms with E-state index in [4.69, 9.17) is 0 Å². The van der Waals surface area contributed by atoms with Gasteiger partial charge in [0.15, 0.2) is 0 Å². The highest BCUT2D eigenvalue weighted by Crippen LogP contribution is 2.32. The first-order valence-corrected chi connectivity index (χ1v) is 7.76. The molecule has 0 amide bonds. The van der Waals surface area contributed by atoms with Crippen LogP contribution in [0, 0.1) is 5.92 Å². The van der Waals surface area contributed by atoms with Crippen molar-refractivity contribution in [2.75, 3.05) is 23.7 Å². The minimum Gasteiger partial charge on any atom is -0.388 e. The van der Waals surface area contributed by atoms with Gasteiger partial charge < -0.3 is 15.7 Å². The fourth-order valence-corrected chi connectivity index (χ4v) is 2.65. The van der Waals surface area contributed by atoms with Gasteiger partial charge in [-0.1, -0.05) is 13.8 Å². The Balaban J connectivity index is 1.87. The first-order chi connectivity index (χ1) is 9.61. The van der Waals surface area contributed by atoms with Gasteiger partial charge in [-0.15, -0.1) is 0 Å². The first-order valence-electron chi connectivity index (χ1n) is 7.76. The summed E-state index contributed by atoms with van der Waals surface area (Å²) < 4.78 is 0. The molecule has 0 aromatic carbocycles. The normalized spacial score (nSPS) is 26.2. The van der Waals surface area contributed by atoms with Gasteiger partial charge in [0.25, 0.3) is 0 Å². The predicted molar refractivity (Wildman–Crippen MR) is 84.1 cm³/mol. The lowest BCUT2D eigenvalue weighted by atomic mass is 9.79. The van der Waals surface area contributed by atoms with Gasteiger partial charge in [-0.25, -0.2) is 0 Å². The molecular weight excluding hydrogens is 250 g/mol. The molecule has 112 valence electrons. The van der Waals surface area contributed by atoms with Crippen LogP contribution in [0.1, 0.15) is 46.0 Å². The molecule has 0 aliphatic heterocycles. The van der Waals surface area contributed by atoms with Crippen molar-refractivity contribution in [3.63, 3.8) is 0 Å². The second-order valence-electron chi connectivity index (χ2n) is 6.15. The van der Waals surface area contributed by atoms with Crippen LogP contribution >= 0.6 is 0 Å². The molecule has 0 spiro atoms. The van der Waals surface area contributed by atoms with Gasteiger partial charge in [0.05, 0.1) is 29.4 Å². The molecule has 4 heteroatoms. The molecule has 4 nitrogen and oxygen atoms in total. The minimum atomic E-state index is -0.556. The molecule has 1 saturated carbocycles. The van der Waals surface area contributed by atoms with Crippen molar-refractivity contribution >= 4 is 11.4 Å². The van der Waals surface area contributed by atoms with Crippen molar-refractivity contribution in [2.45, 2.75) is 51.6 Å². The van der Waals surface area contributed by atoms with E-state index in [9.17, 15) is 5.11 Å². The average molecular weight is 277 g/mol. The topological polar surface area (TPSA) is 57.2 Å². The highest BCUT2D eigenvalue weighted by atomic mass is 16.3. The fourth-order valence-electron chi connectivity index (χ4n) is 2.65. The van der Waals surface area contributed by atoms with E-state index in [1.165, 1.54) is 0 Å². The summed E-state index contributed by atoms with van der Waals surface area (Å²) in [6, 6.07) is 2.05. The Morgan fingerprint density at radius 2 is 1.90 bits per heavy atom. The van der Waals surface area contributed by atoms with Crippen LogP contribution in [0.15, 0.2) is 18.5 Å². The third-order valence-electron chi connectivity index (χ3n) is 4.14. The number of rotatable bonds is 6. The minimum absolute atomic E-state index is 0.556. The van der Waals surface area contributed by atoms with Gasteiger partial charge in [0.1, 0.15) is 0 Å². The molecule has 1 aromatic rings. The van der Waals surface area contributed by atoms with Gasteiger partial charge in [-0.3, -0.25) is 4.98 Å². The number of aliphatic hydroxyl groups is 1. The lowest BCUT2D eigenvalue weighted by Crippen LogP contribution is -2.40. The van der Waals surface area contributed by atoms with Crippen LogP contribution in [0.5, 0.6) is 0 Å². The van der Waals surface area contributed by atoms with E-state index < -0.39 is 5.60 Å². The summed E-state index contributed by atoms with van der Waals surface area (Å²) in [7, 11) is 0. The molecule has 0 radical (unpaired) electrons. The molecule has 0 bridgehead atoms. The van der Waals surface area contributed by atoms with Crippen LogP contribution in [0.3, 0.4) is 0 Å². The molecule has 3 N–H and O–H groups in total. The van der Waals surface area contributed by atoms with Crippen LogP contribution in [0.25, 0.3) is 0 Å². The lowest BCUT2D eigenvalue weighted by molar-refractivity contribution is 0.00501.